The quantitative estimate of drug-likeness (QED) is 0.426. The zero-order valence-electron chi connectivity index (χ0n) is 22.2. The first-order valence-corrected chi connectivity index (χ1v) is 13.5. The van der Waals surface area contributed by atoms with Crippen LogP contribution in [0.3, 0.4) is 0 Å². The van der Waals surface area contributed by atoms with Gasteiger partial charge in [-0.25, -0.2) is 14.2 Å². The van der Waals surface area contributed by atoms with E-state index in [0.29, 0.717) is 18.2 Å². The van der Waals surface area contributed by atoms with Crippen molar-refractivity contribution < 1.29 is 32.3 Å². The van der Waals surface area contributed by atoms with Gasteiger partial charge in [0, 0.05) is 32.6 Å². The van der Waals surface area contributed by atoms with Crippen LogP contribution < -0.4 is 26.5 Å². The third-order valence-electron chi connectivity index (χ3n) is 6.99. The van der Waals surface area contributed by atoms with E-state index in [-0.39, 0.29) is 41.8 Å². The third kappa shape index (κ3) is 5.42. The van der Waals surface area contributed by atoms with Crippen LogP contribution in [0.25, 0.3) is 5.88 Å². The van der Waals surface area contributed by atoms with Crippen LogP contribution >= 0.6 is 11.6 Å². The number of carbonyl (C=O) groups is 1. The number of nitrogens with zero attached hydrogens (tertiary/aromatic N) is 4. The van der Waals surface area contributed by atoms with E-state index in [0.717, 1.165) is 16.4 Å². The second kappa shape index (κ2) is 11.3. The van der Waals surface area contributed by atoms with Crippen molar-refractivity contribution in [2.45, 2.75) is 25.2 Å². The van der Waals surface area contributed by atoms with Crippen LogP contribution in [-0.2, 0) is 25.5 Å². The first-order chi connectivity index (χ1) is 20.6. The zero-order chi connectivity index (χ0) is 30.3. The fraction of sp³-hybridized carbons (Fsp3) is 0.296. The molecule has 0 spiro atoms. The van der Waals surface area contributed by atoms with Gasteiger partial charge in [0.15, 0.2) is 11.5 Å². The number of halogens is 4. The number of H-pyrrole nitrogens is 1. The summed E-state index contributed by atoms with van der Waals surface area (Å²) in [5, 5.41) is 3.90. The molecular formula is C27H24ClF3N6O6. The fourth-order valence-corrected chi connectivity index (χ4v) is 5.37. The summed E-state index contributed by atoms with van der Waals surface area (Å²) < 4.78 is 53.1. The number of aromatic nitrogens is 2. The Morgan fingerprint density at radius 2 is 1.74 bits per heavy atom. The van der Waals surface area contributed by atoms with Gasteiger partial charge in [-0.05, 0) is 17.7 Å². The number of para-hydroxylation sites is 1. The largest absolute Gasteiger partial charge is 0.493 e. The van der Waals surface area contributed by atoms with Crippen molar-refractivity contribution in [1.82, 2.24) is 19.8 Å². The topological polar surface area (TPSA) is 121 Å². The molecule has 4 heterocycles. The number of piperazine rings is 1. The molecule has 1 fully saturated rings. The summed E-state index contributed by atoms with van der Waals surface area (Å²) in [4.78, 5) is 49.4. The summed E-state index contributed by atoms with van der Waals surface area (Å²) >= 11 is 6.53. The van der Waals surface area contributed by atoms with Gasteiger partial charge in [-0.1, -0.05) is 54.1 Å². The molecule has 43 heavy (non-hydrogen) atoms. The average Bonchev–Trinajstić information content (AvgIpc) is 3.57. The molecule has 226 valence electrons. The lowest BCUT2D eigenvalue weighted by molar-refractivity contribution is -0.203. The van der Waals surface area contributed by atoms with Gasteiger partial charge in [0.2, 0.25) is 18.5 Å². The third-order valence-corrected chi connectivity index (χ3v) is 7.31. The highest BCUT2D eigenvalue weighted by Crippen LogP contribution is 2.46. The van der Waals surface area contributed by atoms with Crippen LogP contribution in [0.1, 0.15) is 5.56 Å². The Bertz CT molecular complexity index is 1670. The van der Waals surface area contributed by atoms with E-state index in [2.05, 4.69) is 10.3 Å². The number of carbonyl (C=O) groups excluding carboxylic acids is 1. The molecule has 2 N–H and O–H groups in total. The normalized spacial score (nSPS) is 20.3. The first kappa shape index (κ1) is 28.6. The number of rotatable bonds is 6. The number of nitrogens with one attached hydrogen (secondary N) is 2. The van der Waals surface area contributed by atoms with E-state index in [1.54, 1.807) is 23.1 Å². The minimum absolute atomic E-state index is 0.150. The van der Waals surface area contributed by atoms with E-state index < -0.39 is 41.8 Å². The lowest BCUT2D eigenvalue weighted by Gasteiger charge is -2.41. The molecule has 3 aliphatic heterocycles. The second-order valence-corrected chi connectivity index (χ2v) is 10.2. The zero-order valence-corrected chi connectivity index (χ0v) is 23.0. The highest BCUT2D eigenvalue weighted by Gasteiger charge is 2.52. The maximum absolute atomic E-state index is 13.6. The maximum Gasteiger partial charge on any atom is 0.493 e. The number of hydrogen-bond acceptors (Lipinski definition) is 10. The Hall–Kier alpha value is -4.47. The molecule has 0 radical (unpaired) electrons. The number of alkyl halides is 3. The predicted octanol–water partition coefficient (Wildman–Crippen LogP) is 2.73. The molecule has 6 rings (SSSR count). The van der Waals surface area contributed by atoms with Crippen molar-refractivity contribution in [2.75, 3.05) is 36.1 Å². The molecule has 0 bridgehead atoms. The van der Waals surface area contributed by atoms with Gasteiger partial charge in [-0.3, -0.25) is 19.6 Å². The standard InChI is InChI=1S/C27H24ClF3N6O6/c28-17-8-4-5-9-18(17)35-21-22(38)33-25(40)36(19-15-41-20(42-19)14-16-6-2-1-3-7-16)23(21)37(43-24(39)27(29,30)31)26(35)34-12-10-32-11-13-34/h1-9,15,20,26,32H,10-14H2,(H,33,38,40). The van der Waals surface area contributed by atoms with Gasteiger partial charge >= 0.3 is 17.8 Å². The van der Waals surface area contributed by atoms with Gasteiger partial charge in [0.1, 0.15) is 6.26 Å². The van der Waals surface area contributed by atoms with Gasteiger partial charge < -0.3 is 19.6 Å². The lowest BCUT2D eigenvalue weighted by atomic mass is 10.1. The van der Waals surface area contributed by atoms with Crippen LogP contribution in [0.15, 0.2) is 70.4 Å². The second-order valence-electron chi connectivity index (χ2n) is 9.75. The molecule has 2 unspecified atom stereocenters. The molecule has 0 saturated carbocycles. The minimum atomic E-state index is -5.40. The maximum atomic E-state index is 13.6. The average molecular weight is 621 g/mol. The summed E-state index contributed by atoms with van der Waals surface area (Å²) in [5.41, 5.74) is -1.25. The van der Waals surface area contributed by atoms with Crippen LogP contribution in [0.4, 0.5) is 30.4 Å². The Balaban J connectivity index is 1.52. The molecule has 2 atom stereocenters. The van der Waals surface area contributed by atoms with Crippen LogP contribution in [-0.4, -0.2) is 65.4 Å². The molecule has 0 aliphatic carbocycles. The predicted molar refractivity (Wildman–Crippen MR) is 148 cm³/mol. The van der Waals surface area contributed by atoms with Crippen molar-refractivity contribution in [1.29, 1.82) is 0 Å². The molecule has 2 aromatic carbocycles. The molecule has 1 aromatic heterocycles. The smallest absolute Gasteiger partial charge is 0.456 e. The van der Waals surface area contributed by atoms with Crippen LogP contribution in [0, 0.1) is 0 Å². The van der Waals surface area contributed by atoms with Crippen molar-refractivity contribution in [3.8, 4) is 0 Å². The number of hydroxylamine groups is 1. The Labute approximate surface area is 246 Å². The molecular weight excluding hydrogens is 597 g/mol. The summed E-state index contributed by atoms with van der Waals surface area (Å²) in [7, 11) is 0. The Kier molecular flexibility index (Phi) is 7.54. The Morgan fingerprint density at radius 1 is 1.05 bits per heavy atom. The monoisotopic (exact) mass is 620 g/mol. The summed E-state index contributed by atoms with van der Waals surface area (Å²) in [6.45, 7) is 1.44. The van der Waals surface area contributed by atoms with E-state index in [4.69, 9.17) is 25.9 Å². The number of aromatic amines is 1. The molecule has 16 heteroatoms. The molecule has 3 aromatic rings. The summed E-state index contributed by atoms with van der Waals surface area (Å²) in [5.74, 6) is -3.28. The highest BCUT2D eigenvalue weighted by atomic mass is 35.5. The first-order valence-electron chi connectivity index (χ1n) is 13.2. The van der Waals surface area contributed by atoms with E-state index >= 15 is 0 Å². The number of anilines is 3. The number of hydrogen-bond donors (Lipinski definition) is 2. The summed E-state index contributed by atoms with van der Waals surface area (Å²) in [6.07, 6.45) is -6.27. The van der Waals surface area contributed by atoms with Crippen molar-refractivity contribution in [2.24, 2.45) is 0 Å². The van der Waals surface area contributed by atoms with E-state index in [1.165, 1.54) is 11.0 Å². The van der Waals surface area contributed by atoms with Crippen LogP contribution in [0.5, 0.6) is 0 Å². The van der Waals surface area contributed by atoms with Gasteiger partial charge in [-0.15, -0.1) is 5.06 Å². The van der Waals surface area contributed by atoms with Gasteiger partial charge in [0.05, 0.1) is 10.7 Å². The molecule has 1 saturated heterocycles. The van der Waals surface area contributed by atoms with Gasteiger partial charge in [0.25, 0.3) is 5.56 Å². The SMILES string of the molecule is O=C(ON1c2c(c(=O)[nH]c(=O)n2C2=COC(Cc3ccccc3)O2)N(c2ccccc2Cl)C1N1CCNCC1)C(F)(F)F. The molecule has 3 aliphatic rings. The van der Waals surface area contributed by atoms with Crippen molar-refractivity contribution in [3.05, 3.63) is 92.3 Å². The van der Waals surface area contributed by atoms with Crippen molar-refractivity contribution >= 4 is 40.6 Å². The number of benzene rings is 2. The molecule has 0 amide bonds. The van der Waals surface area contributed by atoms with Crippen LogP contribution in [0.2, 0.25) is 5.02 Å². The fourth-order valence-electron chi connectivity index (χ4n) is 5.14. The van der Waals surface area contributed by atoms with Gasteiger partial charge in [-0.2, -0.15) is 13.2 Å². The summed E-state index contributed by atoms with van der Waals surface area (Å²) in [6, 6.07) is 15.5. The lowest BCUT2D eigenvalue weighted by Crippen LogP contribution is -2.60. The number of fused-ring (bicyclic) bond motifs is 1. The van der Waals surface area contributed by atoms with E-state index in [9.17, 15) is 27.6 Å². The molecule has 12 nitrogen and oxygen atoms in total. The Morgan fingerprint density at radius 3 is 2.44 bits per heavy atom. The minimum Gasteiger partial charge on any atom is -0.456 e. The van der Waals surface area contributed by atoms with E-state index in [1.807, 2.05) is 30.3 Å². The number of ether oxygens (including phenoxy) is 2. The highest BCUT2D eigenvalue weighted by molar-refractivity contribution is 6.33. The van der Waals surface area contributed by atoms with Crippen molar-refractivity contribution in [3.63, 3.8) is 0 Å².